The van der Waals surface area contributed by atoms with Crippen LogP contribution < -0.4 is 10.2 Å². The fourth-order valence-corrected chi connectivity index (χ4v) is 3.39. The van der Waals surface area contributed by atoms with Crippen LogP contribution in [0.15, 0.2) is 16.9 Å². The number of pyridine rings is 1. The van der Waals surface area contributed by atoms with Crippen molar-refractivity contribution in [2.24, 2.45) is 5.92 Å². The molecule has 116 valence electrons. The highest BCUT2D eigenvalue weighted by atomic mass is 79.9. The second-order valence-corrected chi connectivity index (χ2v) is 6.26. The van der Waals surface area contributed by atoms with Crippen molar-refractivity contribution in [3.63, 3.8) is 0 Å². The maximum atomic E-state index is 11.3. The van der Waals surface area contributed by atoms with Crippen LogP contribution in [0.5, 0.6) is 0 Å². The normalized spacial score (nSPS) is 18.5. The van der Waals surface area contributed by atoms with E-state index in [0.29, 0.717) is 16.1 Å². The summed E-state index contributed by atoms with van der Waals surface area (Å²) >= 11 is 3.43. The Bertz CT molecular complexity index is 492. The Morgan fingerprint density at radius 1 is 1.57 bits per heavy atom. The van der Waals surface area contributed by atoms with Crippen LogP contribution in [0, 0.1) is 16.0 Å². The molecule has 1 aliphatic rings. The number of hydrogen-bond acceptors (Lipinski definition) is 5. The maximum Gasteiger partial charge on any atom is 0.311 e. The van der Waals surface area contributed by atoms with E-state index in [9.17, 15) is 10.1 Å². The standard InChI is InChI=1S/C14H21BrN4O2/c1-2-6-18(10-11-4-3-5-16-7-11)14-12(15)8-17-9-13(14)19(20)21/h8-9,11,16H,2-7,10H2,1H3. The number of piperidine rings is 1. The van der Waals surface area contributed by atoms with Gasteiger partial charge in [-0.3, -0.25) is 15.1 Å². The molecule has 0 saturated carbocycles. The highest BCUT2D eigenvalue weighted by molar-refractivity contribution is 9.10. The molecule has 1 fully saturated rings. The molecule has 6 nitrogen and oxygen atoms in total. The predicted molar refractivity (Wildman–Crippen MR) is 86.7 cm³/mol. The minimum absolute atomic E-state index is 0.0709. The second kappa shape index (κ2) is 7.70. The SMILES string of the molecule is CCCN(CC1CCCNC1)c1c(Br)cncc1[N+](=O)[O-]. The second-order valence-electron chi connectivity index (χ2n) is 5.40. The van der Waals surface area contributed by atoms with Gasteiger partial charge in [0.1, 0.15) is 11.9 Å². The molecule has 2 rings (SSSR count). The highest BCUT2D eigenvalue weighted by Gasteiger charge is 2.25. The quantitative estimate of drug-likeness (QED) is 0.626. The van der Waals surface area contributed by atoms with Gasteiger partial charge in [0.2, 0.25) is 0 Å². The minimum Gasteiger partial charge on any atom is -0.365 e. The van der Waals surface area contributed by atoms with Crippen molar-refractivity contribution >= 4 is 27.3 Å². The van der Waals surface area contributed by atoms with E-state index in [4.69, 9.17) is 0 Å². The molecule has 0 bridgehead atoms. The summed E-state index contributed by atoms with van der Waals surface area (Å²) in [6.07, 6.45) is 6.26. The molecule has 0 radical (unpaired) electrons. The van der Waals surface area contributed by atoms with E-state index in [1.807, 2.05) is 0 Å². The first kappa shape index (κ1) is 16.2. The maximum absolute atomic E-state index is 11.3. The first-order valence-corrected chi connectivity index (χ1v) is 8.16. The zero-order chi connectivity index (χ0) is 15.2. The van der Waals surface area contributed by atoms with Crippen LogP contribution in [-0.4, -0.2) is 36.1 Å². The molecule has 0 amide bonds. The first-order chi connectivity index (χ1) is 10.1. The highest BCUT2D eigenvalue weighted by Crippen LogP contribution is 2.35. The first-order valence-electron chi connectivity index (χ1n) is 7.37. The van der Waals surface area contributed by atoms with Crippen molar-refractivity contribution in [3.05, 3.63) is 27.0 Å². The van der Waals surface area contributed by atoms with Crippen molar-refractivity contribution in [2.75, 3.05) is 31.1 Å². The smallest absolute Gasteiger partial charge is 0.311 e. The lowest BCUT2D eigenvalue weighted by atomic mass is 9.98. The van der Waals surface area contributed by atoms with Gasteiger partial charge in [0, 0.05) is 19.3 Å². The summed E-state index contributed by atoms with van der Waals surface area (Å²) in [6.45, 7) is 5.79. The Balaban J connectivity index is 2.26. The lowest BCUT2D eigenvalue weighted by Crippen LogP contribution is -2.39. The Kier molecular flexibility index (Phi) is 5.93. The number of halogens is 1. The number of anilines is 1. The van der Waals surface area contributed by atoms with E-state index in [2.05, 4.69) is 38.1 Å². The van der Waals surface area contributed by atoms with Gasteiger partial charge in [0.05, 0.1) is 9.40 Å². The summed E-state index contributed by atoms with van der Waals surface area (Å²) in [7, 11) is 0. The number of nitro groups is 1. The zero-order valence-corrected chi connectivity index (χ0v) is 13.8. The molecule has 1 saturated heterocycles. The molecule has 0 spiro atoms. The van der Waals surface area contributed by atoms with Gasteiger partial charge in [-0.05, 0) is 54.2 Å². The Morgan fingerprint density at radius 3 is 3.00 bits per heavy atom. The summed E-state index contributed by atoms with van der Waals surface area (Å²) in [5.41, 5.74) is 0.726. The topological polar surface area (TPSA) is 71.3 Å². The van der Waals surface area contributed by atoms with Crippen LogP contribution in [0.3, 0.4) is 0 Å². The molecule has 0 aliphatic carbocycles. The van der Waals surface area contributed by atoms with Crippen LogP contribution in [0.25, 0.3) is 0 Å². The molecular weight excluding hydrogens is 336 g/mol. The van der Waals surface area contributed by atoms with Gasteiger partial charge < -0.3 is 10.2 Å². The monoisotopic (exact) mass is 356 g/mol. The van der Waals surface area contributed by atoms with E-state index >= 15 is 0 Å². The van der Waals surface area contributed by atoms with E-state index in [1.165, 1.54) is 19.0 Å². The third-order valence-electron chi connectivity index (χ3n) is 3.74. The molecule has 1 atom stereocenters. The van der Waals surface area contributed by atoms with E-state index in [1.54, 1.807) is 6.20 Å². The van der Waals surface area contributed by atoms with Crippen molar-refractivity contribution in [2.45, 2.75) is 26.2 Å². The summed E-state index contributed by atoms with van der Waals surface area (Å²) in [5, 5.41) is 14.7. The summed E-state index contributed by atoms with van der Waals surface area (Å²) < 4.78 is 0.689. The molecule has 7 heteroatoms. The van der Waals surface area contributed by atoms with Gasteiger partial charge in [0.25, 0.3) is 0 Å². The lowest BCUT2D eigenvalue weighted by Gasteiger charge is -2.31. The number of hydrogen-bond donors (Lipinski definition) is 1. The fourth-order valence-electron chi connectivity index (χ4n) is 2.82. The average molecular weight is 357 g/mol. The van der Waals surface area contributed by atoms with Crippen molar-refractivity contribution in [1.82, 2.24) is 10.3 Å². The van der Waals surface area contributed by atoms with Crippen molar-refractivity contribution in [1.29, 1.82) is 0 Å². The third-order valence-corrected chi connectivity index (χ3v) is 4.32. The van der Waals surface area contributed by atoms with E-state index < -0.39 is 0 Å². The third kappa shape index (κ3) is 4.14. The summed E-state index contributed by atoms with van der Waals surface area (Å²) in [5.74, 6) is 0.532. The van der Waals surface area contributed by atoms with E-state index in [-0.39, 0.29) is 10.6 Å². The minimum atomic E-state index is -0.352. The molecule has 1 unspecified atom stereocenters. The largest absolute Gasteiger partial charge is 0.365 e. The number of aromatic nitrogens is 1. The lowest BCUT2D eigenvalue weighted by molar-refractivity contribution is -0.384. The van der Waals surface area contributed by atoms with Crippen molar-refractivity contribution in [3.8, 4) is 0 Å². The molecular formula is C14H21BrN4O2. The van der Waals surface area contributed by atoms with Crippen LogP contribution >= 0.6 is 15.9 Å². The van der Waals surface area contributed by atoms with Crippen molar-refractivity contribution < 1.29 is 4.92 Å². The molecule has 1 N–H and O–H groups in total. The molecule has 1 aliphatic heterocycles. The molecule has 1 aromatic heterocycles. The van der Waals surface area contributed by atoms with Crippen LogP contribution in [-0.2, 0) is 0 Å². The number of rotatable bonds is 6. The average Bonchev–Trinajstić information content (AvgIpc) is 2.47. The van der Waals surface area contributed by atoms with Crippen LogP contribution in [0.1, 0.15) is 26.2 Å². The Hall–Kier alpha value is -1.21. The Labute approximate surface area is 133 Å². The molecule has 2 heterocycles. The van der Waals surface area contributed by atoms with Gasteiger partial charge >= 0.3 is 5.69 Å². The summed E-state index contributed by atoms with van der Waals surface area (Å²) in [6, 6.07) is 0. The number of nitrogens with zero attached hydrogens (tertiary/aromatic N) is 3. The summed E-state index contributed by atoms with van der Waals surface area (Å²) in [4.78, 5) is 17.0. The fraction of sp³-hybridized carbons (Fsp3) is 0.643. The molecule has 1 aromatic rings. The Morgan fingerprint density at radius 2 is 2.38 bits per heavy atom. The van der Waals surface area contributed by atoms with Crippen LogP contribution in [0.2, 0.25) is 0 Å². The van der Waals surface area contributed by atoms with Gasteiger partial charge in [0.15, 0.2) is 0 Å². The number of nitrogens with one attached hydrogen (secondary N) is 1. The zero-order valence-electron chi connectivity index (χ0n) is 12.2. The van der Waals surface area contributed by atoms with Gasteiger partial charge in [-0.15, -0.1) is 0 Å². The van der Waals surface area contributed by atoms with Gasteiger partial charge in [-0.2, -0.15) is 0 Å². The van der Waals surface area contributed by atoms with E-state index in [0.717, 1.165) is 32.6 Å². The predicted octanol–water partition coefficient (Wildman–Crippen LogP) is 2.97. The molecule has 0 aromatic carbocycles. The van der Waals surface area contributed by atoms with Crippen LogP contribution in [0.4, 0.5) is 11.4 Å². The molecule has 21 heavy (non-hydrogen) atoms. The van der Waals surface area contributed by atoms with Gasteiger partial charge in [-0.25, -0.2) is 0 Å². The van der Waals surface area contributed by atoms with Gasteiger partial charge in [-0.1, -0.05) is 6.92 Å².